The average molecular weight is 354 g/mol. The minimum absolute atomic E-state index is 0.0199. The molecular weight excluding hydrogens is 328 g/mol. The summed E-state index contributed by atoms with van der Waals surface area (Å²) < 4.78 is 5.79. The molecule has 0 aliphatic heterocycles. The van der Waals surface area contributed by atoms with E-state index in [1.165, 1.54) is 0 Å². The highest BCUT2D eigenvalue weighted by Gasteiger charge is 2.27. The van der Waals surface area contributed by atoms with Gasteiger partial charge >= 0.3 is 0 Å². The van der Waals surface area contributed by atoms with Gasteiger partial charge in [0.2, 0.25) is 5.91 Å². The normalized spacial score (nSPS) is 20.5. The first kappa shape index (κ1) is 18.4. The van der Waals surface area contributed by atoms with E-state index >= 15 is 0 Å². The smallest absolute Gasteiger partial charge is 0.223 e. The number of nitrogens with one attached hydrogen (secondary N) is 1. The molecule has 2 aromatic rings. The van der Waals surface area contributed by atoms with Crippen molar-refractivity contribution < 1.29 is 14.6 Å². The van der Waals surface area contributed by atoms with Gasteiger partial charge in [-0.3, -0.25) is 4.79 Å². The number of carbonyl (C=O) groups is 1. The number of carbonyl (C=O) groups excluding carboxylic acids is 1. The maximum absolute atomic E-state index is 12.2. The van der Waals surface area contributed by atoms with Crippen LogP contribution in [0.2, 0.25) is 0 Å². The van der Waals surface area contributed by atoms with Crippen LogP contribution in [0.25, 0.3) is 0 Å². The van der Waals surface area contributed by atoms with Crippen LogP contribution in [0.4, 0.5) is 0 Å². The highest BCUT2D eigenvalue weighted by molar-refractivity contribution is 5.79. The van der Waals surface area contributed by atoms with Crippen molar-refractivity contribution in [3.05, 3.63) is 65.7 Å². The lowest BCUT2D eigenvalue weighted by Crippen LogP contribution is -2.33. The van der Waals surface area contributed by atoms with Crippen LogP contribution in [-0.2, 0) is 11.4 Å². The molecule has 4 N–H and O–H groups in total. The zero-order valence-corrected chi connectivity index (χ0v) is 14.8. The summed E-state index contributed by atoms with van der Waals surface area (Å²) in [7, 11) is 0. The van der Waals surface area contributed by atoms with Crippen LogP contribution in [0, 0.1) is 5.92 Å². The molecule has 0 radical (unpaired) electrons. The van der Waals surface area contributed by atoms with Gasteiger partial charge in [-0.1, -0.05) is 42.5 Å². The number of hydrogen-bond acceptors (Lipinski definition) is 4. The third kappa shape index (κ3) is 5.07. The summed E-state index contributed by atoms with van der Waals surface area (Å²) in [5, 5.41) is 13.2. The Morgan fingerprint density at radius 1 is 1.19 bits per heavy atom. The maximum Gasteiger partial charge on any atom is 0.223 e. The predicted octanol–water partition coefficient (Wildman–Crippen LogP) is 2.54. The van der Waals surface area contributed by atoms with Crippen LogP contribution in [0.3, 0.4) is 0 Å². The minimum Gasteiger partial charge on any atom is -0.489 e. The molecule has 3 unspecified atom stereocenters. The largest absolute Gasteiger partial charge is 0.489 e. The summed E-state index contributed by atoms with van der Waals surface area (Å²) in [6, 6.07) is 17.4. The van der Waals surface area contributed by atoms with E-state index < -0.39 is 6.10 Å². The van der Waals surface area contributed by atoms with E-state index in [1.54, 1.807) is 0 Å². The van der Waals surface area contributed by atoms with Crippen molar-refractivity contribution in [3.63, 3.8) is 0 Å². The number of ether oxygens (including phenoxy) is 1. The monoisotopic (exact) mass is 354 g/mol. The first-order chi connectivity index (χ1) is 12.6. The molecule has 5 nitrogen and oxygen atoms in total. The molecule has 3 rings (SSSR count). The predicted molar refractivity (Wildman–Crippen MR) is 101 cm³/mol. The van der Waals surface area contributed by atoms with Gasteiger partial charge in [0.05, 0.1) is 6.10 Å². The average Bonchev–Trinajstić information content (AvgIpc) is 3.12. The van der Waals surface area contributed by atoms with Crippen molar-refractivity contribution in [3.8, 4) is 5.75 Å². The van der Waals surface area contributed by atoms with Gasteiger partial charge in [0, 0.05) is 18.5 Å². The highest BCUT2D eigenvalue weighted by atomic mass is 16.5. The van der Waals surface area contributed by atoms with Crippen LogP contribution in [0.15, 0.2) is 54.6 Å². The van der Waals surface area contributed by atoms with Gasteiger partial charge in [-0.2, -0.15) is 0 Å². The van der Waals surface area contributed by atoms with E-state index in [-0.39, 0.29) is 24.4 Å². The van der Waals surface area contributed by atoms with E-state index in [0.29, 0.717) is 12.4 Å². The molecule has 0 spiro atoms. The summed E-state index contributed by atoms with van der Waals surface area (Å²) in [5.74, 6) is 0.643. The first-order valence-corrected chi connectivity index (χ1v) is 9.10. The topological polar surface area (TPSA) is 84.6 Å². The van der Waals surface area contributed by atoms with Crippen LogP contribution in [0.1, 0.15) is 36.5 Å². The molecule has 1 fully saturated rings. The zero-order valence-electron chi connectivity index (χ0n) is 14.8. The van der Waals surface area contributed by atoms with Gasteiger partial charge in [-0.15, -0.1) is 0 Å². The number of aliphatic hydroxyl groups is 1. The summed E-state index contributed by atoms with van der Waals surface area (Å²) >= 11 is 0. The summed E-state index contributed by atoms with van der Waals surface area (Å²) in [5.41, 5.74) is 7.66. The number of aliphatic hydroxyl groups excluding tert-OH is 1. The van der Waals surface area contributed by atoms with Crippen LogP contribution in [-0.4, -0.2) is 23.6 Å². The zero-order chi connectivity index (χ0) is 18.4. The van der Waals surface area contributed by atoms with Gasteiger partial charge in [-0.05, 0) is 42.5 Å². The van der Waals surface area contributed by atoms with E-state index in [9.17, 15) is 9.90 Å². The number of benzene rings is 2. The van der Waals surface area contributed by atoms with Gasteiger partial charge < -0.3 is 20.9 Å². The summed E-state index contributed by atoms with van der Waals surface area (Å²) in [6.45, 7) is 0.659. The van der Waals surface area contributed by atoms with E-state index in [4.69, 9.17) is 10.5 Å². The molecule has 2 aromatic carbocycles. The minimum atomic E-state index is -0.769. The highest BCUT2D eigenvalue weighted by Crippen LogP contribution is 2.24. The van der Waals surface area contributed by atoms with Gasteiger partial charge in [-0.25, -0.2) is 0 Å². The Labute approximate surface area is 154 Å². The molecule has 0 saturated heterocycles. The Balaban J connectivity index is 1.51. The third-order valence-corrected chi connectivity index (χ3v) is 4.80. The lowest BCUT2D eigenvalue weighted by atomic mass is 10.1. The van der Waals surface area contributed by atoms with Crippen LogP contribution in [0.5, 0.6) is 5.75 Å². The molecule has 0 heterocycles. The second-order valence-corrected chi connectivity index (χ2v) is 6.88. The fraction of sp³-hybridized carbons (Fsp3) is 0.381. The van der Waals surface area contributed by atoms with Crippen molar-refractivity contribution in [2.24, 2.45) is 11.7 Å². The standard InChI is InChI=1S/C21H26N2O3/c22-18-10-9-17(11-18)21(25)23-13-20(24)16-7-4-8-19(12-16)26-14-15-5-2-1-3-6-15/h1-8,12,17-18,20,24H,9-11,13-14,22H2,(H,23,25). The Hall–Kier alpha value is -2.37. The van der Waals surface area contributed by atoms with Crippen LogP contribution >= 0.6 is 0 Å². The molecule has 5 heteroatoms. The Morgan fingerprint density at radius 2 is 2.00 bits per heavy atom. The SMILES string of the molecule is NC1CCC(C(=O)NCC(O)c2cccc(OCc3ccccc3)c2)C1. The Morgan fingerprint density at radius 3 is 2.73 bits per heavy atom. The van der Waals surface area contributed by atoms with Crippen molar-refractivity contribution in [2.45, 2.75) is 38.0 Å². The van der Waals surface area contributed by atoms with Crippen molar-refractivity contribution >= 4 is 5.91 Å². The molecule has 0 aromatic heterocycles. The lowest BCUT2D eigenvalue weighted by molar-refractivity contribution is -0.125. The number of amides is 1. The van der Waals surface area contributed by atoms with E-state index in [1.807, 2.05) is 54.6 Å². The van der Waals surface area contributed by atoms with Gasteiger partial charge in [0.1, 0.15) is 12.4 Å². The number of hydrogen-bond donors (Lipinski definition) is 3. The fourth-order valence-electron chi connectivity index (χ4n) is 3.27. The molecule has 0 bridgehead atoms. The molecule has 3 atom stereocenters. The molecule has 1 aliphatic rings. The maximum atomic E-state index is 12.2. The molecule has 1 amide bonds. The molecular formula is C21H26N2O3. The molecule has 1 saturated carbocycles. The Kier molecular flexibility index (Phi) is 6.26. The van der Waals surface area contributed by atoms with Gasteiger partial charge in [0.15, 0.2) is 0 Å². The molecule has 138 valence electrons. The third-order valence-electron chi connectivity index (χ3n) is 4.80. The molecule has 1 aliphatic carbocycles. The van der Waals surface area contributed by atoms with Crippen LogP contribution < -0.4 is 15.8 Å². The quantitative estimate of drug-likeness (QED) is 0.713. The fourth-order valence-corrected chi connectivity index (χ4v) is 3.27. The van der Waals surface area contributed by atoms with Crippen molar-refractivity contribution in [2.75, 3.05) is 6.54 Å². The summed E-state index contributed by atoms with van der Waals surface area (Å²) in [6.07, 6.45) is 1.67. The Bertz CT molecular complexity index is 720. The van der Waals surface area contributed by atoms with Crippen molar-refractivity contribution in [1.82, 2.24) is 5.32 Å². The second-order valence-electron chi connectivity index (χ2n) is 6.88. The lowest BCUT2D eigenvalue weighted by Gasteiger charge is -2.16. The van der Waals surface area contributed by atoms with Crippen molar-refractivity contribution in [1.29, 1.82) is 0 Å². The van der Waals surface area contributed by atoms with E-state index in [2.05, 4.69) is 5.32 Å². The van der Waals surface area contributed by atoms with E-state index in [0.717, 1.165) is 30.4 Å². The molecule has 26 heavy (non-hydrogen) atoms. The van der Waals surface area contributed by atoms with Gasteiger partial charge in [0.25, 0.3) is 0 Å². The first-order valence-electron chi connectivity index (χ1n) is 9.10. The number of nitrogens with two attached hydrogens (primary N) is 1. The summed E-state index contributed by atoms with van der Waals surface area (Å²) in [4.78, 5) is 12.2. The second kappa shape index (κ2) is 8.83. The number of rotatable bonds is 7.